The number of esters is 2. The van der Waals surface area contributed by atoms with E-state index in [-0.39, 0.29) is 25.2 Å². The van der Waals surface area contributed by atoms with Crippen molar-refractivity contribution in [3.05, 3.63) is 97.2 Å². The molecule has 0 amide bonds. The lowest BCUT2D eigenvalue weighted by Crippen LogP contribution is -2.30. The third-order valence-corrected chi connectivity index (χ3v) is 13.6. The van der Waals surface area contributed by atoms with Gasteiger partial charge in [-0.1, -0.05) is 291 Å². The maximum absolute atomic E-state index is 12.9. The first-order valence-electron chi connectivity index (χ1n) is 31.8. The summed E-state index contributed by atoms with van der Waals surface area (Å²) in [5.74, 6) is -0.420. The minimum Gasteiger partial charge on any atom is -0.462 e. The minimum atomic E-state index is -0.555. The van der Waals surface area contributed by atoms with Gasteiger partial charge in [-0.15, -0.1) is 0 Å². The van der Waals surface area contributed by atoms with Gasteiger partial charge in [0.05, 0.1) is 6.61 Å². The Labute approximate surface area is 460 Å². The average Bonchev–Trinajstić information content (AvgIpc) is 3.40. The van der Waals surface area contributed by atoms with Crippen LogP contribution in [0.25, 0.3) is 0 Å². The first kappa shape index (κ1) is 70.8. The first-order chi connectivity index (χ1) is 36.6. The molecule has 0 aliphatic rings. The summed E-state index contributed by atoms with van der Waals surface area (Å²) in [6, 6.07) is 0. The third-order valence-electron chi connectivity index (χ3n) is 13.6. The van der Waals surface area contributed by atoms with E-state index in [4.69, 9.17) is 14.2 Å². The number of hydrogen-bond acceptors (Lipinski definition) is 5. The lowest BCUT2D eigenvalue weighted by Gasteiger charge is -2.18. The number of rotatable bonds is 58. The maximum atomic E-state index is 12.9. The smallest absolute Gasteiger partial charge is 0.306 e. The van der Waals surface area contributed by atoms with E-state index in [1.165, 1.54) is 154 Å². The van der Waals surface area contributed by atoms with Gasteiger partial charge in [-0.3, -0.25) is 9.59 Å². The average molecular weight is 1030 g/mol. The molecule has 1 atom stereocenters. The molecule has 5 nitrogen and oxygen atoms in total. The van der Waals surface area contributed by atoms with Crippen LogP contribution in [-0.2, 0) is 23.8 Å². The molecule has 0 saturated heterocycles. The number of carbonyl (C=O) groups is 2. The molecule has 0 aromatic heterocycles. The Hall–Kier alpha value is -3.18. The molecule has 0 saturated carbocycles. The van der Waals surface area contributed by atoms with Crippen molar-refractivity contribution >= 4 is 11.9 Å². The minimum absolute atomic E-state index is 0.0698. The molecule has 0 aliphatic carbocycles. The molecule has 0 heterocycles. The molecule has 74 heavy (non-hydrogen) atoms. The lowest BCUT2D eigenvalue weighted by atomic mass is 10.0. The van der Waals surface area contributed by atoms with E-state index in [0.29, 0.717) is 19.4 Å². The molecule has 0 aromatic carbocycles. The summed E-state index contributed by atoms with van der Waals surface area (Å²) < 4.78 is 17.5. The lowest BCUT2D eigenvalue weighted by molar-refractivity contribution is -0.163. The SMILES string of the molecule is CC/C=C\C/C=C\C/C=C\C/C=C\CCCCCCCCC(=O)OCC(COCCCCCCCCCCCCCCCCCCCCCC)OC(=O)CCCCCCCC/C=C\C/C=C\C/C=C\C/C=C\CC. The summed E-state index contributed by atoms with van der Waals surface area (Å²) in [4.78, 5) is 25.6. The molecule has 0 N–H and O–H groups in total. The monoisotopic (exact) mass is 1030 g/mol. The van der Waals surface area contributed by atoms with Crippen LogP contribution in [-0.4, -0.2) is 37.9 Å². The van der Waals surface area contributed by atoms with Crippen molar-refractivity contribution in [2.45, 2.75) is 309 Å². The maximum Gasteiger partial charge on any atom is 0.306 e. The highest BCUT2D eigenvalue weighted by atomic mass is 16.6. The van der Waals surface area contributed by atoms with Crippen LogP contribution in [0.3, 0.4) is 0 Å². The van der Waals surface area contributed by atoms with E-state index in [9.17, 15) is 9.59 Å². The van der Waals surface area contributed by atoms with Crippen LogP contribution in [0.15, 0.2) is 97.2 Å². The van der Waals surface area contributed by atoms with Crippen molar-refractivity contribution in [2.75, 3.05) is 19.8 Å². The van der Waals surface area contributed by atoms with Crippen LogP contribution in [0.1, 0.15) is 303 Å². The number of carbonyl (C=O) groups excluding carboxylic acids is 2. The molecular weight excluding hydrogens is 909 g/mol. The first-order valence-corrected chi connectivity index (χ1v) is 31.8. The second-order valence-electron chi connectivity index (χ2n) is 20.9. The van der Waals surface area contributed by atoms with E-state index in [2.05, 4.69) is 118 Å². The zero-order chi connectivity index (χ0) is 53.4. The van der Waals surface area contributed by atoms with Crippen molar-refractivity contribution in [3.63, 3.8) is 0 Å². The van der Waals surface area contributed by atoms with Crippen molar-refractivity contribution in [1.82, 2.24) is 0 Å². The number of ether oxygens (including phenoxy) is 3. The molecule has 5 heteroatoms. The van der Waals surface area contributed by atoms with Crippen molar-refractivity contribution < 1.29 is 23.8 Å². The van der Waals surface area contributed by atoms with Gasteiger partial charge in [0.1, 0.15) is 6.61 Å². The molecule has 0 aliphatic heterocycles. The Kier molecular flexibility index (Phi) is 61.4. The van der Waals surface area contributed by atoms with Gasteiger partial charge in [0.15, 0.2) is 6.10 Å². The number of unbranched alkanes of at least 4 members (excludes halogenated alkanes) is 31. The van der Waals surface area contributed by atoms with E-state index in [1.54, 1.807) is 0 Å². The van der Waals surface area contributed by atoms with Crippen LogP contribution in [0, 0.1) is 0 Å². The fourth-order valence-corrected chi connectivity index (χ4v) is 8.97. The Bertz CT molecular complexity index is 1400. The summed E-state index contributed by atoms with van der Waals surface area (Å²) in [6.07, 6.45) is 87.3. The third kappa shape index (κ3) is 61.4. The molecular formula is C69H120O5. The van der Waals surface area contributed by atoms with E-state index >= 15 is 0 Å². The molecule has 0 spiro atoms. The summed E-state index contributed by atoms with van der Waals surface area (Å²) >= 11 is 0. The summed E-state index contributed by atoms with van der Waals surface area (Å²) in [5, 5.41) is 0. The molecule has 0 radical (unpaired) electrons. The topological polar surface area (TPSA) is 61.8 Å². The predicted molar refractivity (Wildman–Crippen MR) is 325 cm³/mol. The number of hydrogen-bond donors (Lipinski definition) is 0. The van der Waals surface area contributed by atoms with E-state index in [1.807, 2.05) is 0 Å². The normalized spacial score (nSPS) is 12.9. The Morgan fingerprint density at radius 3 is 0.973 bits per heavy atom. The highest BCUT2D eigenvalue weighted by Crippen LogP contribution is 2.16. The fraction of sp³-hybridized carbons (Fsp3) is 0.739. The molecule has 0 rings (SSSR count). The summed E-state index contributed by atoms with van der Waals surface area (Å²) in [5.41, 5.74) is 0. The Morgan fingerprint density at radius 1 is 0.311 bits per heavy atom. The molecule has 1 unspecified atom stereocenters. The van der Waals surface area contributed by atoms with Gasteiger partial charge in [0.2, 0.25) is 0 Å². The molecule has 426 valence electrons. The van der Waals surface area contributed by atoms with Crippen molar-refractivity contribution in [2.24, 2.45) is 0 Å². The van der Waals surface area contributed by atoms with Gasteiger partial charge < -0.3 is 14.2 Å². The molecule has 0 bridgehead atoms. The highest BCUT2D eigenvalue weighted by molar-refractivity contribution is 5.70. The number of allylic oxidation sites excluding steroid dienone is 16. The Balaban J connectivity index is 4.32. The van der Waals surface area contributed by atoms with Gasteiger partial charge in [-0.2, -0.15) is 0 Å². The highest BCUT2D eigenvalue weighted by Gasteiger charge is 2.17. The molecule has 0 fully saturated rings. The van der Waals surface area contributed by atoms with E-state index < -0.39 is 6.10 Å². The quantitative estimate of drug-likeness (QED) is 0.0345. The molecule has 0 aromatic rings. The van der Waals surface area contributed by atoms with Gasteiger partial charge in [0.25, 0.3) is 0 Å². The Morgan fingerprint density at radius 2 is 0.608 bits per heavy atom. The van der Waals surface area contributed by atoms with Crippen LogP contribution in [0.2, 0.25) is 0 Å². The second kappa shape index (κ2) is 64.1. The van der Waals surface area contributed by atoms with E-state index in [0.717, 1.165) is 116 Å². The summed E-state index contributed by atoms with van der Waals surface area (Å²) in [7, 11) is 0. The predicted octanol–water partition coefficient (Wildman–Crippen LogP) is 22.1. The van der Waals surface area contributed by atoms with Crippen LogP contribution in [0.5, 0.6) is 0 Å². The standard InChI is InChI=1S/C69H120O5/c1-4-7-10-13-16-19-22-25-28-31-34-37-40-43-46-49-52-55-58-61-64-72-65-67(74-69(71)63-60-57-54-51-48-45-42-39-36-33-30-27-24-21-18-15-12-9-6-3)66-73-68(70)62-59-56-53-50-47-44-41-38-35-32-29-26-23-20-17-14-11-8-5-2/h8-9,11-12,17-18,20-21,26-27,29-30,35-36,38-39,67H,4-7,10,13-16,19,22-25,28,31-34,37,40-66H2,1-3H3/b11-8-,12-9-,20-17-,21-18-,29-26-,30-27-,38-35-,39-36-. The fourth-order valence-electron chi connectivity index (χ4n) is 8.97. The zero-order valence-corrected chi connectivity index (χ0v) is 49.1. The van der Waals surface area contributed by atoms with Gasteiger partial charge in [-0.25, -0.2) is 0 Å². The van der Waals surface area contributed by atoms with Crippen LogP contribution >= 0.6 is 0 Å². The van der Waals surface area contributed by atoms with Gasteiger partial charge >= 0.3 is 11.9 Å². The largest absolute Gasteiger partial charge is 0.462 e. The van der Waals surface area contributed by atoms with Gasteiger partial charge in [-0.05, 0) is 96.3 Å². The van der Waals surface area contributed by atoms with Crippen LogP contribution in [0.4, 0.5) is 0 Å². The second-order valence-corrected chi connectivity index (χ2v) is 20.9. The van der Waals surface area contributed by atoms with Gasteiger partial charge in [0, 0.05) is 19.4 Å². The zero-order valence-electron chi connectivity index (χ0n) is 49.1. The van der Waals surface area contributed by atoms with Crippen LogP contribution < -0.4 is 0 Å². The van der Waals surface area contributed by atoms with Crippen molar-refractivity contribution in [1.29, 1.82) is 0 Å². The summed E-state index contributed by atoms with van der Waals surface area (Å²) in [6.45, 7) is 7.62. The van der Waals surface area contributed by atoms with Crippen molar-refractivity contribution in [3.8, 4) is 0 Å².